The Bertz CT molecular complexity index is 703. The van der Waals surface area contributed by atoms with Gasteiger partial charge in [0, 0.05) is 29.4 Å². The van der Waals surface area contributed by atoms with Gasteiger partial charge in [-0.1, -0.05) is 37.3 Å². The van der Waals surface area contributed by atoms with E-state index in [2.05, 4.69) is 12.2 Å². The summed E-state index contributed by atoms with van der Waals surface area (Å²) in [5.74, 6) is 0.259. The second kappa shape index (κ2) is 5.75. The van der Waals surface area contributed by atoms with Gasteiger partial charge in [-0.2, -0.15) is 0 Å². The Hall–Kier alpha value is -2.43. The van der Waals surface area contributed by atoms with Crippen LogP contribution in [0.5, 0.6) is 0 Å². The minimum atomic E-state index is -2.55. The molecular weight excluding hydrogens is 286 g/mol. The van der Waals surface area contributed by atoms with Crippen molar-refractivity contribution >= 4 is 17.4 Å². The standard InChI is InChI=1S/C17H16F2N2O/c1-11-10-21(15-8-3-2-7-14(11)15)17(22)20-13-6-4-5-12(9-13)16(18)19/h2-9,11,16H,10H2,1H3,(H,20,22). The molecule has 0 aliphatic carbocycles. The van der Waals surface area contributed by atoms with Crippen molar-refractivity contribution < 1.29 is 13.6 Å². The Kier molecular flexibility index (Phi) is 3.79. The summed E-state index contributed by atoms with van der Waals surface area (Å²) in [6.45, 7) is 2.64. The summed E-state index contributed by atoms with van der Waals surface area (Å²) in [7, 11) is 0. The largest absolute Gasteiger partial charge is 0.326 e. The van der Waals surface area contributed by atoms with Gasteiger partial charge in [-0.05, 0) is 23.8 Å². The molecule has 5 heteroatoms. The molecule has 1 heterocycles. The zero-order chi connectivity index (χ0) is 15.7. The average Bonchev–Trinajstić information content (AvgIpc) is 2.85. The fourth-order valence-corrected chi connectivity index (χ4v) is 2.76. The van der Waals surface area contributed by atoms with Crippen LogP contribution < -0.4 is 10.2 Å². The number of anilines is 2. The summed E-state index contributed by atoms with van der Waals surface area (Å²) in [5, 5.41) is 2.69. The van der Waals surface area contributed by atoms with E-state index < -0.39 is 6.43 Å². The van der Waals surface area contributed by atoms with Gasteiger partial charge in [0.25, 0.3) is 6.43 Å². The van der Waals surface area contributed by atoms with Crippen molar-refractivity contribution in [2.75, 3.05) is 16.8 Å². The molecule has 2 amide bonds. The van der Waals surface area contributed by atoms with Crippen LogP contribution in [-0.2, 0) is 0 Å². The second-order valence-corrected chi connectivity index (χ2v) is 5.43. The molecule has 2 aromatic rings. The van der Waals surface area contributed by atoms with Crippen molar-refractivity contribution in [3.05, 3.63) is 59.7 Å². The Labute approximate surface area is 127 Å². The van der Waals surface area contributed by atoms with Crippen molar-refractivity contribution in [3.63, 3.8) is 0 Å². The molecule has 1 N–H and O–H groups in total. The van der Waals surface area contributed by atoms with Crippen molar-refractivity contribution in [1.29, 1.82) is 0 Å². The fraction of sp³-hybridized carbons (Fsp3) is 0.235. The summed E-state index contributed by atoms with van der Waals surface area (Å²) in [6.07, 6.45) is -2.55. The number of urea groups is 1. The number of amides is 2. The molecule has 0 saturated heterocycles. The number of benzene rings is 2. The molecule has 114 valence electrons. The van der Waals surface area contributed by atoms with Crippen LogP contribution in [0.4, 0.5) is 25.0 Å². The molecule has 1 aliphatic heterocycles. The number of fused-ring (bicyclic) bond motifs is 1. The van der Waals surface area contributed by atoms with Crippen LogP contribution in [0.25, 0.3) is 0 Å². The highest BCUT2D eigenvalue weighted by Crippen LogP contribution is 2.36. The third kappa shape index (κ3) is 2.66. The number of rotatable bonds is 2. The lowest BCUT2D eigenvalue weighted by Crippen LogP contribution is -2.33. The molecule has 22 heavy (non-hydrogen) atoms. The van der Waals surface area contributed by atoms with E-state index in [0.29, 0.717) is 12.2 Å². The fourth-order valence-electron chi connectivity index (χ4n) is 2.76. The maximum absolute atomic E-state index is 12.7. The lowest BCUT2D eigenvalue weighted by molar-refractivity contribution is 0.151. The summed E-state index contributed by atoms with van der Waals surface area (Å²) in [6, 6.07) is 13.2. The quantitative estimate of drug-likeness (QED) is 0.850. The number of nitrogens with one attached hydrogen (secondary N) is 1. The van der Waals surface area contributed by atoms with E-state index in [1.54, 1.807) is 11.0 Å². The number of carbonyl (C=O) groups is 1. The summed E-state index contributed by atoms with van der Waals surface area (Å²) >= 11 is 0. The highest BCUT2D eigenvalue weighted by molar-refractivity contribution is 6.03. The van der Waals surface area contributed by atoms with Crippen LogP contribution >= 0.6 is 0 Å². The summed E-state index contributed by atoms with van der Waals surface area (Å²) in [5.41, 5.74) is 2.27. The number of carbonyl (C=O) groups excluding carboxylic acids is 1. The molecular formula is C17H16F2N2O. The molecule has 3 rings (SSSR count). The average molecular weight is 302 g/mol. The number of para-hydroxylation sites is 1. The van der Waals surface area contributed by atoms with Crippen LogP contribution in [0.15, 0.2) is 48.5 Å². The van der Waals surface area contributed by atoms with Crippen molar-refractivity contribution in [3.8, 4) is 0 Å². The van der Waals surface area contributed by atoms with E-state index in [9.17, 15) is 13.6 Å². The van der Waals surface area contributed by atoms with Gasteiger partial charge in [0.1, 0.15) is 0 Å². The van der Waals surface area contributed by atoms with Gasteiger partial charge in [-0.15, -0.1) is 0 Å². The van der Waals surface area contributed by atoms with Crippen LogP contribution in [0, 0.1) is 0 Å². The molecule has 2 aromatic carbocycles. The minimum absolute atomic E-state index is 0.104. The highest BCUT2D eigenvalue weighted by atomic mass is 19.3. The van der Waals surface area contributed by atoms with E-state index in [0.717, 1.165) is 11.3 Å². The molecule has 1 aliphatic rings. The van der Waals surface area contributed by atoms with Crippen molar-refractivity contribution in [2.24, 2.45) is 0 Å². The predicted octanol–water partition coefficient (Wildman–Crippen LogP) is 4.78. The Balaban J connectivity index is 1.80. The molecule has 1 atom stereocenters. The Morgan fingerprint density at radius 1 is 1.23 bits per heavy atom. The number of hydrogen-bond donors (Lipinski definition) is 1. The molecule has 0 aromatic heterocycles. The van der Waals surface area contributed by atoms with Crippen molar-refractivity contribution in [1.82, 2.24) is 0 Å². The Morgan fingerprint density at radius 2 is 2.00 bits per heavy atom. The van der Waals surface area contributed by atoms with Gasteiger partial charge < -0.3 is 5.32 Å². The van der Waals surface area contributed by atoms with E-state index >= 15 is 0 Å². The van der Waals surface area contributed by atoms with Crippen LogP contribution in [0.3, 0.4) is 0 Å². The zero-order valence-corrected chi connectivity index (χ0v) is 12.1. The molecule has 1 unspecified atom stereocenters. The normalized spacial score (nSPS) is 16.7. The molecule has 0 radical (unpaired) electrons. The van der Waals surface area contributed by atoms with Crippen LogP contribution in [0.2, 0.25) is 0 Å². The van der Waals surface area contributed by atoms with E-state index in [-0.39, 0.29) is 17.5 Å². The number of hydrogen-bond acceptors (Lipinski definition) is 1. The SMILES string of the molecule is CC1CN(C(=O)Nc2cccc(C(F)F)c2)c2ccccc21. The molecule has 0 spiro atoms. The number of nitrogens with zero attached hydrogens (tertiary/aromatic N) is 1. The van der Waals surface area contributed by atoms with Gasteiger partial charge in [-0.3, -0.25) is 4.90 Å². The first-order valence-electron chi connectivity index (χ1n) is 7.12. The predicted molar refractivity (Wildman–Crippen MR) is 82.6 cm³/mol. The second-order valence-electron chi connectivity index (χ2n) is 5.43. The summed E-state index contributed by atoms with van der Waals surface area (Å²) < 4.78 is 25.4. The van der Waals surface area contributed by atoms with Crippen LogP contribution in [0.1, 0.15) is 30.4 Å². The topological polar surface area (TPSA) is 32.3 Å². The first kappa shape index (κ1) is 14.5. The lowest BCUT2D eigenvalue weighted by Gasteiger charge is -2.18. The van der Waals surface area contributed by atoms with Gasteiger partial charge >= 0.3 is 6.03 Å². The monoisotopic (exact) mass is 302 g/mol. The molecule has 0 saturated carbocycles. The van der Waals surface area contributed by atoms with Gasteiger partial charge in [-0.25, -0.2) is 13.6 Å². The third-order valence-corrected chi connectivity index (χ3v) is 3.85. The van der Waals surface area contributed by atoms with Crippen LogP contribution in [-0.4, -0.2) is 12.6 Å². The van der Waals surface area contributed by atoms with Gasteiger partial charge in [0.05, 0.1) is 0 Å². The zero-order valence-electron chi connectivity index (χ0n) is 12.1. The lowest BCUT2D eigenvalue weighted by atomic mass is 10.0. The Morgan fingerprint density at radius 3 is 2.77 bits per heavy atom. The van der Waals surface area contributed by atoms with Gasteiger partial charge in [0.15, 0.2) is 0 Å². The molecule has 0 bridgehead atoms. The first-order chi connectivity index (χ1) is 10.6. The summed E-state index contributed by atoms with van der Waals surface area (Å²) in [4.78, 5) is 14.1. The van der Waals surface area contributed by atoms with Crippen molar-refractivity contribution in [2.45, 2.75) is 19.3 Å². The minimum Gasteiger partial charge on any atom is -0.308 e. The first-order valence-corrected chi connectivity index (χ1v) is 7.12. The van der Waals surface area contributed by atoms with E-state index in [1.165, 1.54) is 18.2 Å². The molecule has 3 nitrogen and oxygen atoms in total. The van der Waals surface area contributed by atoms with E-state index in [1.807, 2.05) is 24.3 Å². The highest BCUT2D eigenvalue weighted by Gasteiger charge is 2.29. The number of alkyl halides is 2. The maximum atomic E-state index is 12.7. The van der Waals surface area contributed by atoms with E-state index in [4.69, 9.17) is 0 Å². The molecule has 0 fully saturated rings. The number of halogens is 2. The maximum Gasteiger partial charge on any atom is 0.326 e. The third-order valence-electron chi connectivity index (χ3n) is 3.85. The smallest absolute Gasteiger partial charge is 0.308 e. The van der Waals surface area contributed by atoms with Gasteiger partial charge in [0.2, 0.25) is 0 Å².